The van der Waals surface area contributed by atoms with E-state index in [1.807, 2.05) is 4.90 Å². The fourth-order valence-corrected chi connectivity index (χ4v) is 3.31. The molecule has 5 nitrogen and oxygen atoms in total. The molecule has 0 aromatic heterocycles. The average Bonchev–Trinajstić information content (AvgIpc) is 2.37. The number of amides is 1. The molecule has 2 unspecified atom stereocenters. The van der Waals surface area contributed by atoms with Gasteiger partial charge in [0.25, 0.3) is 0 Å². The lowest BCUT2D eigenvalue weighted by Crippen LogP contribution is -2.52. The topological polar surface area (TPSA) is 69.6 Å². The van der Waals surface area contributed by atoms with Crippen LogP contribution in [-0.2, 0) is 9.59 Å². The lowest BCUT2D eigenvalue weighted by atomic mass is 9.78. The fourth-order valence-electron chi connectivity index (χ4n) is 3.31. The number of hydrogen-bond donors (Lipinski definition) is 2. The van der Waals surface area contributed by atoms with Gasteiger partial charge in [0.1, 0.15) is 0 Å². The molecule has 1 saturated heterocycles. The second-order valence-electron chi connectivity index (χ2n) is 5.34. The molecule has 1 aliphatic carbocycles. The molecule has 2 atom stereocenters. The van der Waals surface area contributed by atoms with Crippen molar-refractivity contribution in [1.82, 2.24) is 10.2 Å². The number of nitrogens with zero attached hydrogens (tertiary/aromatic N) is 1. The summed E-state index contributed by atoms with van der Waals surface area (Å²) in [6.45, 7) is 0.845. The van der Waals surface area contributed by atoms with Crippen molar-refractivity contribution in [2.75, 3.05) is 19.6 Å². The van der Waals surface area contributed by atoms with Crippen molar-refractivity contribution in [3.05, 3.63) is 0 Å². The summed E-state index contributed by atoms with van der Waals surface area (Å²) >= 11 is 0. The minimum atomic E-state index is -0.919. The van der Waals surface area contributed by atoms with Gasteiger partial charge in [0.15, 0.2) is 0 Å². The number of fused-ring (bicyclic) bond motifs is 1. The molecule has 0 bridgehead atoms. The van der Waals surface area contributed by atoms with E-state index < -0.39 is 5.97 Å². The maximum Gasteiger partial charge on any atom is 0.317 e. The number of piperidine rings is 1. The molecule has 2 rings (SSSR count). The largest absolute Gasteiger partial charge is 0.480 e. The normalized spacial score (nSPS) is 27.7. The van der Waals surface area contributed by atoms with Gasteiger partial charge in [-0.1, -0.05) is 12.8 Å². The second kappa shape index (κ2) is 6.18. The molecular formula is C13H22N2O3. The summed E-state index contributed by atoms with van der Waals surface area (Å²) < 4.78 is 0. The zero-order valence-electron chi connectivity index (χ0n) is 10.7. The van der Waals surface area contributed by atoms with Gasteiger partial charge >= 0.3 is 5.97 Å². The van der Waals surface area contributed by atoms with Crippen LogP contribution in [0.4, 0.5) is 0 Å². The van der Waals surface area contributed by atoms with Crippen LogP contribution < -0.4 is 5.32 Å². The molecule has 18 heavy (non-hydrogen) atoms. The second-order valence-corrected chi connectivity index (χ2v) is 5.34. The molecule has 5 heteroatoms. The van der Waals surface area contributed by atoms with Gasteiger partial charge in [-0.25, -0.2) is 0 Å². The number of carboxylic acid groups (broad SMARTS) is 1. The molecule has 1 aliphatic heterocycles. The predicted molar refractivity (Wildman–Crippen MR) is 67.2 cm³/mol. The first-order valence-electron chi connectivity index (χ1n) is 6.90. The van der Waals surface area contributed by atoms with Crippen molar-refractivity contribution >= 4 is 11.9 Å². The predicted octanol–water partition coefficient (Wildman–Crippen LogP) is 0.842. The quantitative estimate of drug-likeness (QED) is 0.780. The van der Waals surface area contributed by atoms with Crippen molar-refractivity contribution in [1.29, 1.82) is 0 Å². The number of hydrogen-bond acceptors (Lipinski definition) is 3. The van der Waals surface area contributed by atoms with Crippen LogP contribution >= 0.6 is 0 Å². The van der Waals surface area contributed by atoms with Gasteiger partial charge in [-0.15, -0.1) is 0 Å². The molecule has 2 fully saturated rings. The molecular weight excluding hydrogens is 232 g/mol. The van der Waals surface area contributed by atoms with Crippen molar-refractivity contribution in [2.24, 2.45) is 5.92 Å². The number of carbonyl (C=O) groups excluding carboxylic acids is 1. The van der Waals surface area contributed by atoms with Gasteiger partial charge in [0.2, 0.25) is 5.91 Å². The van der Waals surface area contributed by atoms with E-state index in [9.17, 15) is 9.59 Å². The van der Waals surface area contributed by atoms with Crippen LogP contribution in [-0.4, -0.2) is 47.6 Å². The summed E-state index contributed by atoms with van der Waals surface area (Å²) in [5.74, 6) is -0.180. The third-order valence-electron chi connectivity index (χ3n) is 4.12. The lowest BCUT2D eigenvalue weighted by molar-refractivity contribution is -0.137. The number of nitrogens with one attached hydrogen (secondary N) is 1. The van der Waals surface area contributed by atoms with Crippen LogP contribution in [0.15, 0.2) is 0 Å². The number of rotatable bonds is 4. The minimum Gasteiger partial charge on any atom is -0.480 e. The molecule has 1 amide bonds. The van der Waals surface area contributed by atoms with Crippen molar-refractivity contribution in [3.63, 3.8) is 0 Å². The molecule has 1 saturated carbocycles. The third-order valence-corrected chi connectivity index (χ3v) is 4.12. The Kier molecular flexibility index (Phi) is 4.58. The number of carboxylic acids is 1. The highest BCUT2D eigenvalue weighted by Crippen LogP contribution is 2.35. The average molecular weight is 254 g/mol. The van der Waals surface area contributed by atoms with Crippen LogP contribution in [0.1, 0.15) is 38.5 Å². The summed E-state index contributed by atoms with van der Waals surface area (Å²) in [5.41, 5.74) is 0. The highest BCUT2D eigenvalue weighted by molar-refractivity contribution is 5.79. The Labute approximate surface area is 108 Å². The van der Waals surface area contributed by atoms with Gasteiger partial charge in [-0.05, 0) is 31.6 Å². The van der Waals surface area contributed by atoms with E-state index in [0.717, 1.165) is 19.4 Å². The lowest BCUT2D eigenvalue weighted by Gasteiger charge is -2.44. The van der Waals surface area contributed by atoms with Crippen LogP contribution in [0.2, 0.25) is 0 Å². The van der Waals surface area contributed by atoms with E-state index in [-0.39, 0.29) is 19.0 Å². The van der Waals surface area contributed by atoms with Gasteiger partial charge in [-0.2, -0.15) is 0 Å². The Morgan fingerprint density at radius 3 is 2.61 bits per heavy atom. The summed E-state index contributed by atoms with van der Waals surface area (Å²) in [6.07, 6.45) is 7.21. The highest BCUT2D eigenvalue weighted by atomic mass is 16.4. The SMILES string of the molecule is O=C(O)CNCC(=O)N1CCCC2CCCCC21. The van der Waals surface area contributed by atoms with Crippen LogP contribution in [0.5, 0.6) is 0 Å². The minimum absolute atomic E-state index is 0.0628. The zero-order valence-corrected chi connectivity index (χ0v) is 10.7. The van der Waals surface area contributed by atoms with E-state index in [0.29, 0.717) is 12.0 Å². The summed E-state index contributed by atoms with van der Waals surface area (Å²) in [5, 5.41) is 11.2. The van der Waals surface area contributed by atoms with Crippen molar-refractivity contribution in [3.8, 4) is 0 Å². The molecule has 0 aromatic rings. The monoisotopic (exact) mass is 254 g/mol. The van der Waals surface area contributed by atoms with Crippen molar-refractivity contribution < 1.29 is 14.7 Å². The fraction of sp³-hybridized carbons (Fsp3) is 0.846. The van der Waals surface area contributed by atoms with E-state index in [2.05, 4.69) is 5.32 Å². The van der Waals surface area contributed by atoms with Crippen LogP contribution in [0.3, 0.4) is 0 Å². The molecule has 0 spiro atoms. The molecule has 0 aromatic carbocycles. The van der Waals surface area contributed by atoms with Gasteiger partial charge in [0, 0.05) is 12.6 Å². The van der Waals surface area contributed by atoms with E-state index in [4.69, 9.17) is 5.11 Å². The molecule has 2 N–H and O–H groups in total. The number of carbonyl (C=O) groups is 2. The first-order valence-corrected chi connectivity index (χ1v) is 6.90. The van der Waals surface area contributed by atoms with Crippen molar-refractivity contribution in [2.45, 2.75) is 44.6 Å². The maximum atomic E-state index is 12.1. The van der Waals surface area contributed by atoms with Gasteiger partial charge in [0.05, 0.1) is 13.1 Å². The van der Waals surface area contributed by atoms with Crippen LogP contribution in [0, 0.1) is 5.92 Å². The molecule has 102 valence electrons. The van der Waals surface area contributed by atoms with Gasteiger partial charge in [-0.3, -0.25) is 14.9 Å². The first-order chi connectivity index (χ1) is 8.68. The Balaban J connectivity index is 1.85. The number of likely N-dealkylation sites (tertiary alicyclic amines) is 1. The summed E-state index contributed by atoms with van der Waals surface area (Å²) in [6, 6.07) is 0.409. The zero-order chi connectivity index (χ0) is 13.0. The Morgan fingerprint density at radius 2 is 1.83 bits per heavy atom. The Hall–Kier alpha value is -1.10. The molecule has 2 aliphatic rings. The first kappa shape index (κ1) is 13.3. The Bertz CT molecular complexity index is 317. The summed E-state index contributed by atoms with van der Waals surface area (Å²) in [4.78, 5) is 24.5. The molecule has 1 heterocycles. The van der Waals surface area contributed by atoms with Gasteiger partial charge < -0.3 is 10.0 Å². The molecule has 0 radical (unpaired) electrons. The van der Waals surface area contributed by atoms with Crippen LogP contribution in [0.25, 0.3) is 0 Å². The maximum absolute atomic E-state index is 12.1. The standard InChI is InChI=1S/C13H22N2O3/c16-12(8-14-9-13(17)18)15-7-3-5-10-4-1-2-6-11(10)15/h10-11,14H,1-9H2,(H,17,18). The Morgan fingerprint density at radius 1 is 1.11 bits per heavy atom. The van der Waals surface area contributed by atoms with E-state index in [1.54, 1.807) is 0 Å². The third kappa shape index (κ3) is 3.22. The van der Waals surface area contributed by atoms with E-state index in [1.165, 1.54) is 25.7 Å². The summed E-state index contributed by atoms with van der Waals surface area (Å²) in [7, 11) is 0. The van der Waals surface area contributed by atoms with E-state index >= 15 is 0 Å². The number of aliphatic carboxylic acids is 1. The highest BCUT2D eigenvalue weighted by Gasteiger charge is 2.35. The smallest absolute Gasteiger partial charge is 0.317 e.